The number of rotatable bonds is 38. The Morgan fingerprint density at radius 2 is 1.00 bits per heavy atom. The maximum atomic E-state index is 12.7. The third-order valence-corrected chi connectivity index (χ3v) is 8.66. The highest BCUT2D eigenvalue weighted by atomic mass is 16.7. The van der Waals surface area contributed by atoms with Gasteiger partial charge in [-0.1, -0.05) is 150 Å². The summed E-state index contributed by atoms with van der Waals surface area (Å²) in [4.78, 5) is 36.8. The summed E-state index contributed by atoms with van der Waals surface area (Å²) in [7, 11) is 5.87. The molecule has 324 valence electrons. The van der Waals surface area contributed by atoms with E-state index in [0.29, 0.717) is 23.9 Å². The van der Waals surface area contributed by atoms with Gasteiger partial charge in [-0.3, -0.25) is 9.59 Å². The zero-order valence-electron chi connectivity index (χ0n) is 36.4. The number of carboxylic acid groups (broad SMARTS) is 1. The summed E-state index contributed by atoms with van der Waals surface area (Å²) in [5, 5.41) is 11.7. The molecule has 0 aromatic heterocycles. The fourth-order valence-electron chi connectivity index (χ4n) is 5.29. The Hall–Kier alpha value is -3.53. The Bertz CT molecular complexity index is 1210. The molecule has 0 fully saturated rings. The van der Waals surface area contributed by atoms with Gasteiger partial charge in [0, 0.05) is 12.8 Å². The Kier molecular flexibility index (Phi) is 36.9. The molecule has 0 radical (unpaired) electrons. The maximum absolute atomic E-state index is 12.7. The molecule has 0 saturated heterocycles. The summed E-state index contributed by atoms with van der Waals surface area (Å²) >= 11 is 0. The quantitative estimate of drug-likeness (QED) is 0.0200. The van der Waals surface area contributed by atoms with Crippen LogP contribution in [-0.2, 0) is 33.3 Å². The minimum atomic E-state index is -1.64. The molecule has 0 aliphatic carbocycles. The van der Waals surface area contributed by atoms with Gasteiger partial charge in [0.15, 0.2) is 12.4 Å². The van der Waals surface area contributed by atoms with Crippen molar-refractivity contribution in [3.05, 3.63) is 85.1 Å². The van der Waals surface area contributed by atoms with Gasteiger partial charge in [-0.25, -0.2) is 0 Å². The molecule has 0 saturated carbocycles. The van der Waals surface area contributed by atoms with Crippen LogP contribution in [0.3, 0.4) is 0 Å². The average molecular weight is 798 g/mol. The van der Waals surface area contributed by atoms with E-state index in [0.717, 1.165) is 64.2 Å². The summed E-state index contributed by atoms with van der Waals surface area (Å²) in [5.41, 5.74) is 0. The van der Waals surface area contributed by atoms with Gasteiger partial charge in [0.25, 0.3) is 0 Å². The number of carbonyl (C=O) groups excluding carboxylic acids is 3. The molecule has 9 heteroatoms. The number of ether oxygens (including phenoxy) is 4. The number of nitrogens with zero attached hydrogens (tertiary/aromatic N) is 1. The number of carbonyl (C=O) groups is 3. The molecule has 0 aliphatic heterocycles. The van der Waals surface area contributed by atoms with Crippen molar-refractivity contribution < 1.29 is 42.9 Å². The minimum Gasteiger partial charge on any atom is -0.545 e. The molecule has 9 nitrogen and oxygen atoms in total. The Labute approximate surface area is 347 Å². The summed E-state index contributed by atoms with van der Waals surface area (Å²) in [6.45, 7) is 4.50. The maximum Gasteiger partial charge on any atom is 0.306 e. The van der Waals surface area contributed by atoms with Crippen LogP contribution in [0.25, 0.3) is 0 Å². The number of carboxylic acids is 1. The van der Waals surface area contributed by atoms with Crippen molar-refractivity contribution in [2.24, 2.45) is 0 Å². The van der Waals surface area contributed by atoms with Crippen LogP contribution in [0.5, 0.6) is 0 Å². The molecule has 0 rings (SSSR count). The fourth-order valence-corrected chi connectivity index (χ4v) is 5.29. The second-order valence-corrected chi connectivity index (χ2v) is 15.3. The Balaban J connectivity index is 4.53. The predicted molar refractivity (Wildman–Crippen MR) is 232 cm³/mol. The first-order chi connectivity index (χ1) is 27.6. The summed E-state index contributed by atoms with van der Waals surface area (Å²) < 4.78 is 22.4. The third-order valence-electron chi connectivity index (χ3n) is 8.66. The summed E-state index contributed by atoms with van der Waals surface area (Å²) in [6.07, 6.45) is 46.3. The van der Waals surface area contributed by atoms with Crippen LogP contribution in [0, 0.1) is 0 Å². The first-order valence-corrected chi connectivity index (χ1v) is 21.7. The first kappa shape index (κ1) is 53.5. The Morgan fingerprint density at radius 1 is 0.544 bits per heavy atom. The van der Waals surface area contributed by atoms with Crippen molar-refractivity contribution in [1.29, 1.82) is 0 Å². The predicted octanol–water partition coefficient (Wildman–Crippen LogP) is 9.99. The van der Waals surface area contributed by atoms with Gasteiger partial charge >= 0.3 is 11.9 Å². The van der Waals surface area contributed by atoms with Crippen molar-refractivity contribution in [2.45, 2.75) is 155 Å². The molecular formula is C48H79NO8. The van der Waals surface area contributed by atoms with E-state index in [4.69, 9.17) is 18.9 Å². The number of esters is 2. The number of likely N-dealkylation sites (N-methyl/N-ethyl adjacent to an activating group) is 1. The SMILES string of the molecule is CC/C=C\C/C=C\C/C=C\C/C=C\C/C=C\C/C=C\C/C=C\CCCC(=O)OC(COC(=O)CCCCCCCCCCC)COC(OCC[N+](C)(C)C)C(=O)[O-]. The van der Waals surface area contributed by atoms with Gasteiger partial charge in [-0.15, -0.1) is 0 Å². The molecule has 57 heavy (non-hydrogen) atoms. The van der Waals surface area contributed by atoms with E-state index < -0.39 is 24.3 Å². The fraction of sp³-hybridized carbons (Fsp3) is 0.646. The largest absolute Gasteiger partial charge is 0.545 e. The molecule has 2 atom stereocenters. The highest BCUT2D eigenvalue weighted by molar-refractivity contribution is 5.70. The van der Waals surface area contributed by atoms with Crippen molar-refractivity contribution >= 4 is 17.9 Å². The number of allylic oxidation sites excluding steroid dienone is 14. The Morgan fingerprint density at radius 3 is 1.47 bits per heavy atom. The lowest BCUT2D eigenvalue weighted by molar-refractivity contribution is -0.870. The van der Waals surface area contributed by atoms with Gasteiger partial charge in [-0.05, 0) is 64.2 Å². The third kappa shape index (κ3) is 40.5. The zero-order valence-corrected chi connectivity index (χ0v) is 36.4. The number of aliphatic carboxylic acids is 1. The molecule has 0 aromatic carbocycles. The lowest BCUT2D eigenvalue weighted by atomic mass is 10.1. The number of hydrogen-bond acceptors (Lipinski definition) is 8. The summed E-state index contributed by atoms with van der Waals surface area (Å²) in [6, 6.07) is 0. The van der Waals surface area contributed by atoms with E-state index >= 15 is 0 Å². The van der Waals surface area contributed by atoms with E-state index in [1.54, 1.807) is 0 Å². The second-order valence-electron chi connectivity index (χ2n) is 15.3. The lowest BCUT2D eigenvalue weighted by Crippen LogP contribution is -2.44. The van der Waals surface area contributed by atoms with Gasteiger partial charge in [0.05, 0.1) is 40.3 Å². The van der Waals surface area contributed by atoms with Crippen LogP contribution in [-0.4, -0.2) is 82.3 Å². The number of quaternary nitrogens is 1. The smallest absolute Gasteiger partial charge is 0.306 e. The van der Waals surface area contributed by atoms with Crippen LogP contribution < -0.4 is 5.11 Å². The standard InChI is InChI=1S/C48H79NO8/c1-6-8-10-12-14-16-17-18-19-20-21-22-23-24-25-26-27-28-29-31-33-35-37-39-46(51)57-44(43-56-48(47(52)53)54-41-40-49(3,4)5)42-55-45(50)38-36-34-32-30-15-13-11-9-7-2/h8,10,14,16,18-19,21-22,24-25,27-28,31,33,44,48H,6-7,9,11-13,15,17,20,23,26,29-30,32,34-43H2,1-5H3/b10-8-,16-14-,19-18-,22-21-,25-24-,28-27-,33-31-. The molecule has 0 spiro atoms. The highest BCUT2D eigenvalue weighted by Crippen LogP contribution is 2.12. The van der Waals surface area contributed by atoms with Gasteiger partial charge in [0.2, 0.25) is 0 Å². The van der Waals surface area contributed by atoms with E-state index in [2.05, 4.69) is 92.8 Å². The van der Waals surface area contributed by atoms with E-state index in [-0.39, 0.29) is 38.6 Å². The van der Waals surface area contributed by atoms with Crippen LogP contribution in [0.15, 0.2) is 85.1 Å². The monoisotopic (exact) mass is 798 g/mol. The van der Waals surface area contributed by atoms with E-state index in [9.17, 15) is 19.5 Å². The van der Waals surface area contributed by atoms with Gasteiger partial charge in [-0.2, -0.15) is 0 Å². The molecule has 0 aliphatic rings. The highest BCUT2D eigenvalue weighted by Gasteiger charge is 2.21. The summed E-state index contributed by atoms with van der Waals surface area (Å²) in [5.74, 6) is -2.38. The molecule has 2 unspecified atom stereocenters. The topological polar surface area (TPSA) is 111 Å². The lowest BCUT2D eigenvalue weighted by Gasteiger charge is -2.26. The van der Waals surface area contributed by atoms with Crippen molar-refractivity contribution in [1.82, 2.24) is 0 Å². The van der Waals surface area contributed by atoms with Crippen LogP contribution in [0.4, 0.5) is 0 Å². The molecule has 0 amide bonds. The van der Waals surface area contributed by atoms with Crippen molar-refractivity contribution in [3.63, 3.8) is 0 Å². The van der Waals surface area contributed by atoms with Crippen LogP contribution in [0.1, 0.15) is 142 Å². The molecular weight excluding hydrogens is 719 g/mol. The molecule has 0 heterocycles. The zero-order chi connectivity index (χ0) is 42.1. The van der Waals surface area contributed by atoms with Gasteiger partial charge in [0.1, 0.15) is 13.2 Å². The number of unbranched alkanes of at least 4 members (excludes halogenated alkanes) is 9. The molecule has 0 bridgehead atoms. The van der Waals surface area contributed by atoms with Crippen LogP contribution >= 0.6 is 0 Å². The van der Waals surface area contributed by atoms with Crippen molar-refractivity contribution in [3.8, 4) is 0 Å². The van der Waals surface area contributed by atoms with E-state index in [1.165, 1.54) is 38.5 Å². The second kappa shape index (κ2) is 39.3. The van der Waals surface area contributed by atoms with Gasteiger partial charge < -0.3 is 33.3 Å². The van der Waals surface area contributed by atoms with Crippen LogP contribution in [0.2, 0.25) is 0 Å². The normalized spacial score (nSPS) is 13.8. The number of hydrogen-bond donors (Lipinski definition) is 0. The van der Waals surface area contributed by atoms with E-state index in [1.807, 2.05) is 27.2 Å². The molecule has 0 N–H and O–H groups in total. The van der Waals surface area contributed by atoms with Crippen molar-refractivity contribution in [2.75, 3.05) is 47.5 Å². The molecule has 0 aromatic rings. The average Bonchev–Trinajstić information content (AvgIpc) is 3.17. The minimum absolute atomic E-state index is 0.133. The first-order valence-electron chi connectivity index (χ1n) is 21.7.